The van der Waals surface area contributed by atoms with Crippen LogP contribution in [0.5, 0.6) is 0 Å². The summed E-state index contributed by atoms with van der Waals surface area (Å²) in [6, 6.07) is 11.2. The van der Waals surface area contributed by atoms with Crippen molar-refractivity contribution in [1.82, 2.24) is 9.97 Å². The van der Waals surface area contributed by atoms with Crippen LogP contribution in [0, 0.1) is 0 Å². The highest BCUT2D eigenvalue weighted by molar-refractivity contribution is 6.30. The molecule has 0 N–H and O–H groups in total. The van der Waals surface area contributed by atoms with Crippen molar-refractivity contribution in [3.63, 3.8) is 0 Å². The average molecular weight is 257 g/mol. The van der Waals surface area contributed by atoms with Crippen LogP contribution >= 0.6 is 11.6 Å². The second-order valence-electron chi connectivity index (χ2n) is 3.79. The van der Waals surface area contributed by atoms with E-state index in [-0.39, 0.29) is 0 Å². The number of benzene rings is 1. The van der Waals surface area contributed by atoms with Crippen LogP contribution in [-0.4, -0.2) is 9.97 Å². The summed E-state index contributed by atoms with van der Waals surface area (Å²) < 4.78 is 5.45. The Morgan fingerprint density at radius 3 is 2.56 bits per heavy atom. The molecule has 88 valence electrons. The van der Waals surface area contributed by atoms with Gasteiger partial charge in [0.05, 0.1) is 5.56 Å². The van der Waals surface area contributed by atoms with Gasteiger partial charge in [-0.2, -0.15) is 0 Å². The van der Waals surface area contributed by atoms with Gasteiger partial charge in [-0.15, -0.1) is 0 Å². The molecule has 0 saturated heterocycles. The van der Waals surface area contributed by atoms with Gasteiger partial charge in [-0.25, -0.2) is 4.98 Å². The first-order valence-corrected chi connectivity index (χ1v) is 5.82. The highest BCUT2D eigenvalue weighted by Gasteiger charge is 2.08. The van der Waals surface area contributed by atoms with Gasteiger partial charge in [0.1, 0.15) is 12.0 Å². The fourth-order valence-electron chi connectivity index (χ4n) is 1.65. The van der Waals surface area contributed by atoms with Gasteiger partial charge in [0, 0.05) is 23.0 Å². The zero-order valence-electron chi connectivity index (χ0n) is 9.38. The molecule has 0 unspecified atom stereocenters. The topological polar surface area (TPSA) is 38.9 Å². The summed E-state index contributed by atoms with van der Waals surface area (Å²) in [6.07, 6.45) is 5.07. The first-order chi connectivity index (χ1) is 8.83. The van der Waals surface area contributed by atoms with Gasteiger partial charge in [-0.3, -0.25) is 4.98 Å². The number of aromatic nitrogens is 2. The number of halogens is 1. The predicted molar refractivity (Wildman–Crippen MR) is 70.2 cm³/mol. The van der Waals surface area contributed by atoms with Crippen molar-refractivity contribution in [2.45, 2.75) is 0 Å². The molecule has 2 aromatic heterocycles. The molecule has 0 aliphatic rings. The van der Waals surface area contributed by atoms with Crippen LogP contribution in [0.4, 0.5) is 0 Å². The Labute approximate surface area is 109 Å². The molecule has 2 heterocycles. The third-order valence-electron chi connectivity index (χ3n) is 2.55. The largest absolute Gasteiger partial charge is 0.444 e. The van der Waals surface area contributed by atoms with Crippen molar-refractivity contribution in [3.05, 3.63) is 60.1 Å². The molecular weight excluding hydrogens is 248 g/mol. The van der Waals surface area contributed by atoms with Gasteiger partial charge in [-0.1, -0.05) is 23.7 Å². The molecule has 0 aliphatic carbocycles. The average Bonchev–Trinajstić information content (AvgIpc) is 2.90. The molecular formula is C14H9ClN2O. The van der Waals surface area contributed by atoms with E-state index in [4.69, 9.17) is 16.0 Å². The van der Waals surface area contributed by atoms with Gasteiger partial charge in [-0.05, 0) is 24.3 Å². The molecule has 3 rings (SSSR count). The molecule has 1 aromatic carbocycles. The highest BCUT2D eigenvalue weighted by Crippen LogP contribution is 2.24. The van der Waals surface area contributed by atoms with Crippen LogP contribution in [0.3, 0.4) is 0 Å². The number of pyridine rings is 1. The highest BCUT2D eigenvalue weighted by atomic mass is 35.5. The predicted octanol–water partition coefficient (Wildman–Crippen LogP) is 4.06. The maximum absolute atomic E-state index is 5.85. The molecule has 0 atom stereocenters. The van der Waals surface area contributed by atoms with Gasteiger partial charge in [0.25, 0.3) is 0 Å². The lowest BCUT2D eigenvalue weighted by atomic mass is 10.2. The van der Waals surface area contributed by atoms with E-state index < -0.39 is 0 Å². The molecule has 0 radical (unpaired) electrons. The number of oxazole rings is 1. The minimum atomic E-state index is 0.563. The van der Waals surface area contributed by atoms with E-state index in [9.17, 15) is 0 Å². The van der Waals surface area contributed by atoms with Crippen molar-refractivity contribution in [1.29, 1.82) is 0 Å². The van der Waals surface area contributed by atoms with Crippen molar-refractivity contribution >= 4 is 11.6 Å². The molecule has 18 heavy (non-hydrogen) atoms. The lowest BCUT2D eigenvalue weighted by Gasteiger charge is -1.95. The van der Waals surface area contributed by atoms with E-state index in [1.165, 1.54) is 0 Å². The Morgan fingerprint density at radius 1 is 1.00 bits per heavy atom. The van der Waals surface area contributed by atoms with Gasteiger partial charge < -0.3 is 4.42 Å². The van der Waals surface area contributed by atoms with E-state index in [1.54, 1.807) is 18.7 Å². The van der Waals surface area contributed by atoms with Gasteiger partial charge in [0.15, 0.2) is 0 Å². The summed E-state index contributed by atoms with van der Waals surface area (Å²) in [4.78, 5) is 8.47. The zero-order valence-corrected chi connectivity index (χ0v) is 10.1. The summed E-state index contributed by atoms with van der Waals surface area (Å²) >= 11 is 5.85. The zero-order chi connectivity index (χ0) is 12.4. The van der Waals surface area contributed by atoms with E-state index in [0.717, 1.165) is 16.8 Å². The van der Waals surface area contributed by atoms with Crippen molar-refractivity contribution < 1.29 is 4.42 Å². The van der Waals surface area contributed by atoms with Crippen molar-refractivity contribution in [3.8, 4) is 22.7 Å². The molecule has 0 aliphatic heterocycles. The molecule has 0 amide bonds. The standard InChI is InChI=1S/C14H9ClN2O/c15-12-5-3-10(4-6-12)13-9-18-14(17-13)11-2-1-7-16-8-11/h1-9H. The number of rotatable bonds is 2. The number of hydrogen-bond acceptors (Lipinski definition) is 3. The van der Waals surface area contributed by atoms with Crippen molar-refractivity contribution in [2.24, 2.45) is 0 Å². The third-order valence-corrected chi connectivity index (χ3v) is 2.80. The lowest BCUT2D eigenvalue weighted by molar-refractivity contribution is 0.574. The van der Waals surface area contributed by atoms with E-state index in [0.29, 0.717) is 10.9 Å². The summed E-state index contributed by atoms with van der Waals surface area (Å²) in [7, 11) is 0. The summed E-state index contributed by atoms with van der Waals surface area (Å²) in [5, 5.41) is 0.703. The minimum Gasteiger partial charge on any atom is -0.444 e. The van der Waals surface area contributed by atoms with Crippen LogP contribution in [-0.2, 0) is 0 Å². The Kier molecular flexibility index (Phi) is 2.82. The Hall–Kier alpha value is -2.13. The van der Waals surface area contributed by atoms with E-state index >= 15 is 0 Å². The Bertz CT molecular complexity index is 647. The lowest BCUT2D eigenvalue weighted by Crippen LogP contribution is -1.80. The second kappa shape index (κ2) is 4.63. The normalized spacial score (nSPS) is 10.5. The monoisotopic (exact) mass is 256 g/mol. The molecule has 0 bridgehead atoms. The maximum atomic E-state index is 5.85. The molecule has 0 spiro atoms. The fourth-order valence-corrected chi connectivity index (χ4v) is 1.77. The first-order valence-electron chi connectivity index (χ1n) is 5.45. The SMILES string of the molecule is Clc1ccc(-c2coc(-c3cccnc3)n2)cc1. The third kappa shape index (κ3) is 2.13. The van der Waals surface area contributed by atoms with Crippen LogP contribution in [0.25, 0.3) is 22.7 Å². The Balaban J connectivity index is 1.97. The molecule has 0 saturated carbocycles. The van der Waals surface area contributed by atoms with Crippen molar-refractivity contribution in [2.75, 3.05) is 0 Å². The first kappa shape index (κ1) is 11.0. The van der Waals surface area contributed by atoms with Gasteiger partial charge in [0.2, 0.25) is 5.89 Å². The summed E-state index contributed by atoms with van der Waals surface area (Å²) in [6.45, 7) is 0. The van der Waals surface area contributed by atoms with Crippen LogP contribution in [0.15, 0.2) is 59.5 Å². The quantitative estimate of drug-likeness (QED) is 0.694. The maximum Gasteiger partial charge on any atom is 0.228 e. The second-order valence-corrected chi connectivity index (χ2v) is 4.22. The molecule has 0 fully saturated rings. The van der Waals surface area contributed by atoms with Crippen LogP contribution < -0.4 is 0 Å². The van der Waals surface area contributed by atoms with E-state index in [1.807, 2.05) is 36.4 Å². The molecule has 3 aromatic rings. The Morgan fingerprint density at radius 2 is 1.83 bits per heavy atom. The van der Waals surface area contributed by atoms with Gasteiger partial charge >= 0.3 is 0 Å². The summed E-state index contributed by atoms with van der Waals surface area (Å²) in [5.41, 5.74) is 2.61. The number of hydrogen-bond donors (Lipinski definition) is 0. The van der Waals surface area contributed by atoms with E-state index in [2.05, 4.69) is 9.97 Å². The fraction of sp³-hybridized carbons (Fsp3) is 0. The van der Waals surface area contributed by atoms with Crippen LogP contribution in [0.2, 0.25) is 5.02 Å². The molecule has 3 nitrogen and oxygen atoms in total. The smallest absolute Gasteiger partial charge is 0.228 e. The molecule has 4 heteroatoms. The van der Waals surface area contributed by atoms with Crippen LogP contribution in [0.1, 0.15) is 0 Å². The summed E-state index contributed by atoms with van der Waals surface area (Å²) in [5.74, 6) is 0.563. The minimum absolute atomic E-state index is 0.563. The number of nitrogens with zero attached hydrogens (tertiary/aromatic N) is 2.